The van der Waals surface area contributed by atoms with E-state index in [9.17, 15) is 18.0 Å². The quantitative estimate of drug-likeness (QED) is 0.711. The average molecular weight is 423 g/mol. The number of alkyl halides is 3. The van der Waals surface area contributed by atoms with Gasteiger partial charge in [-0.1, -0.05) is 12.1 Å². The van der Waals surface area contributed by atoms with E-state index in [-0.39, 0.29) is 5.56 Å². The SMILES string of the molecule is CCN(CC)c1ccc(N2CCN(C(=O)c3ccccc3OC(F)(F)F)CC2)nn1. The first-order valence-corrected chi connectivity index (χ1v) is 9.80. The summed E-state index contributed by atoms with van der Waals surface area (Å²) in [6.07, 6.45) is -4.86. The first-order chi connectivity index (χ1) is 14.3. The van der Waals surface area contributed by atoms with Gasteiger partial charge in [0.2, 0.25) is 0 Å². The molecule has 1 aromatic carbocycles. The molecule has 0 aliphatic carbocycles. The zero-order valence-corrected chi connectivity index (χ0v) is 16.9. The number of ether oxygens (including phenoxy) is 1. The zero-order valence-electron chi connectivity index (χ0n) is 16.9. The molecule has 1 aromatic heterocycles. The predicted molar refractivity (Wildman–Crippen MR) is 107 cm³/mol. The summed E-state index contributed by atoms with van der Waals surface area (Å²) in [5.41, 5.74) is -0.105. The number of rotatable bonds is 6. The lowest BCUT2D eigenvalue weighted by molar-refractivity contribution is -0.274. The molecule has 0 bridgehead atoms. The second-order valence-corrected chi connectivity index (χ2v) is 6.75. The molecule has 1 amide bonds. The summed E-state index contributed by atoms with van der Waals surface area (Å²) < 4.78 is 41.9. The third-order valence-electron chi connectivity index (χ3n) is 4.96. The smallest absolute Gasteiger partial charge is 0.405 e. The fourth-order valence-corrected chi connectivity index (χ4v) is 3.37. The van der Waals surface area contributed by atoms with Crippen molar-refractivity contribution >= 4 is 17.5 Å². The summed E-state index contributed by atoms with van der Waals surface area (Å²) in [5, 5.41) is 8.56. The van der Waals surface area contributed by atoms with Gasteiger partial charge in [0.05, 0.1) is 5.56 Å². The Bertz CT molecular complexity index is 848. The molecule has 1 aliphatic heterocycles. The molecule has 2 aromatic rings. The van der Waals surface area contributed by atoms with Crippen LogP contribution in [0.15, 0.2) is 36.4 Å². The summed E-state index contributed by atoms with van der Waals surface area (Å²) in [4.78, 5) is 18.4. The Morgan fingerprint density at radius 3 is 2.27 bits per heavy atom. The molecule has 3 rings (SSSR count). The van der Waals surface area contributed by atoms with Crippen molar-refractivity contribution < 1.29 is 22.7 Å². The molecule has 0 N–H and O–H groups in total. The predicted octanol–water partition coefficient (Wildman–Crippen LogP) is 3.18. The highest BCUT2D eigenvalue weighted by molar-refractivity contribution is 5.97. The number of amides is 1. The Kier molecular flexibility index (Phi) is 6.63. The van der Waals surface area contributed by atoms with Crippen molar-refractivity contribution in [2.75, 3.05) is 49.1 Å². The summed E-state index contributed by atoms with van der Waals surface area (Å²) >= 11 is 0. The van der Waals surface area contributed by atoms with Crippen molar-refractivity contribution in [3.63, 3.8) is 0 Å². The highest BCUT2D eigenvalue weighted by Crippen LogP contribution is 2.27. The molecule has 1 saturated heterocycles. The van der Waals surface area contributed by atoms with Gasteiger partial charge in [0.1, 0.15) is 5.75 Å². The van der Waals surface area contributed by atoms with Gasteiger partial charge in [-0.2, -0.15) is 0 Å². The molecule has 10 heteroatoms. The number of halogens is 3. The van der Waals surface area contributed by atoms with Crippen LogP contribution in [-0.2, 0) is 0 Å². The van der Waals surface area contributed by atoms with Gasteiger partial charge in [-0.05, 0) is 38.1 Å². The van der Waals surface area contributed by atoms with Crippen molar-refractivity contribution in [3.05, 3.63) is 42.0 Å². The van der Waals surface area contributed by atoms with E-state index >= 15 is 0 Å². The molecule has 2 heterocycles. The van der Waals surface area contributed by atoms with Crippen molar-refractivity contribution in [1.82, 2.24) is 15.1 Å². The van der Waals surface area contributed by atoms with Gasteiger partial charge < -0.3 is 19.4 Å². The maximum absolute atomic E-state index is 12.8. The molecule has 1 aliphatic rings. The molecule has 162 valence electrons. The Morgan fingerprint density at radius 2 is 1.70 bits per heavy atom. The van der Waals surface area contributed by atoms with Crippen LogP contribution < -0.4 is 14.5 Å². The second-order valence-electron chi connectivity index (χ2n) is 6.75. The summed E-state index contributed by atoms with van der Waals surface area (Å²) in [6, 6.07) is 9.20. The van der Waals surface area contributed by atoms with Gasteiger partial charge in [-0.25, -0.2) is 0 Å². The normalized spacial score (nSPS) is 14.6. The van der Waals surface area contributed by atoms with Crippen LogP contribution in [0, 0.1) is 0 Å². The Hall–Kier alpha value is -3.04. The van der Waals surface area contributed by atoms with Crippen LogP contribution in [0.4, 0.5) is 24.8 Å². The third kappa shape index (κ3) is 5.11. The summed E-state index contributed by atoms with van der Waals surface area (Å²) in [6.45, 7) is 7.51. The summed E-state index contributed by atoms with van der Waals surface area (Å²) in [5.74, 6) is 0.533. The Labute approximate surface area is 173 Å². The van der Waals surface area contributed by atoms with Crippen LogP contribution >= 0.6 is 0 Å². The topological polar surface area (TPSA) is 61.8 Å². The molecule has 0 atom stereocenters. The molecule has 0 spiro atoms. The van der Waals surface area contributed by atoms with E-state index in [2.05, 4.69) is 19.8 Å². The number of hydrogen-bond donors (Lipinski definition) is 0. The van der Waals surface area contributed by atoms with Crippen molar-refractivity contribution in [2.24, 2.45) is 0 Å². The van der Waals surface area contributed by atoms with E-state index in [4.69, 9.17) is 0 Å². The van der Waals surface area contributed by atoms with Crippen LogP contribution in [-0.4, -0.2) is 66.6 Å². The number of anilines is 2. The standard InChI is InChI=1S/C20H24F3N5O2/c1-3-26(4-2)17-9-10-18(25-24-17)27-11-13-28(14-12-27)19(29)15-7-5-6-8-16(15)30-20(21,22)23/h5-10H,3-4,11-14H2,1-2H3. The molecule has 7 nitrogen and oxygen atoms in total. The number of nitrogens with zero attached hydrogens (tertiary/aromatic N) is 5. The minimum Gasteiger partial charge on any atom is -0.405 e. The van der Waals surface area contributed by atoms with Gasteiger partial charge in [0.15, 0.2) is 11.6 Å². The Balaban J connectivity index is 1.64. The number of carbonyl (C=O) groups excluding carboxylic acids is 1. The van der Waals surface area contributed by atoms with E-state index in [0.717, 1.165) is 25.0 Å². The van der Waals surface area contributed by atoms with E-state index in [0.29, 0.717) is 32.0 Å². The molecule has 0 unspecified atom stereocenters. The second kappa shape index (κ2) is 9.19. The van der Waals surface area contributed by atoms with Crippen LogP contribution in [0.25, 0.3) is 0 Å². The molecule has 0 radical (unpaired) electrons. The van der Waals surface area contributed by atoms with Crippen molar-refractivity contribution in [3.8, 4) is 5.75 Å². The first kappa shape index (κ1) is 21.7. The molecule has 0 saturated carbocycles. The largest absolute Gasteiger partial charge is 0.573 e. The maximum atomic E-state index is 12.8. The molecule has 30 heavy (non-hydrogen) atoms. The van der Waals surface area contributed by atoms with E-state index in [1.54, 1.807) is 0 Å². The minimum absolute atomic E-state index is 0.105. The van der Waals surface area contributed by atoms with Crippen LogP contribution in [0.5, 0.6) is 5.75 Å². The number of piperazine rings is 1. The average Bonchev–Trinajstić information content (AvgIpc) is 2.74. The molecular formula is C20H24F3N5O2. The number of hydrogen-bond acceptors (Lipinski definition) is 6. The van der Waals surface area contributed by atoms with Crippen LogP contribution in [0.3, 0.4) is 0 Å². The maximum Gasteiger partial charge on any atom is 0.573 e. The first-order valence-electron chi connectivity index (χ1n) is 9.80. The Morgan fingerprint density at radius 1 is 1.03 bits per heavy atom. The zero-order chi connectivity index (χ0) is 21.7. The van der Waals surface area contributed by atoms with Gasteiger partial charge >= 0.3 is 6.36 Å². The van der Waals surface area contributed by atoms with Gasteiger partial charge in [-0.3, -0.25) is 4.79 Å². The van der Waals surface area contributed by atoms with E-state index < -0.39 is 18.0 Å². The van der Waals surface area contributed by atoms with Crippen molar-refractivity contribution in [2.45, 2.75) is 20.2 Å². The molecule has 1 fully saturated rings. The van der Waals surface area contributed by atoms with Crippen LogP contribution in [0.2, 0.25) is 0 Å². The highest BCUT2D eigenvalue weighted by atomic mass is 19.4. The summed E-state index contributed by atoms with van der Waals surface area (Å²) in [7, 11) is 0. The number of aromatic nitrogens is 2. The fraction of sp³-hybridized carbons (Fsp3) is 0.450. The monoisotopic (exact) mass is 423 g/mol. The third-order valence-corrected chi connectivity index (χ3v) is 4.96. The lowest BCUT2D eigenvalue weighted by atomic mass is 10.1. The van der Waals surface area contributed by atoms with Crippen LogP contribution in [0.1, 0.15) is 24.2 Å². The lowest BCUT2D eigenvalue weighted by Gasteiger charge is -2.35. The van der Waals surface area contributed by atoms with Gasteiger partial charge in [0.25, 0.3) is 5.91 Å². The van der Waals surface area contributed by atoms with Gasteiger partial charge in [0, 0.05) is 39.3 Å². The van der Waals surface area contributed by atoms with E-state index in [1.807, 2.05) is 30.9 Å². The van der Waals surface area contributed by atoms with Gasteiger partial charge in [-0.15, -0.1) is 23.4 Å². The fourth-order valence-electron chi connectivity index (χ4n) is 3.37. The van der Waals surface area contributed by atoms with Crippen molar-refractivity contribution in [1.29, 1.82) is 0 Å². The van der Waals surface area contributed by atoms with E-state index in [1.165, 1.54) is 23.1 Å². The number of carbonyl (C=O) groups is 1. The minimum atomic E-state index is -4.86. The number of para-hydroxylation sites is 1. The highest BCUT2D eigenvalue weighted by Gasteiger charge is 2.34. The lowest BCUT2D eigenvalue weighted by Crippen LogP contribution is -2.49. The number of benzene rings is 1. The molecular weight excluding hydrogens is 399 g/mol.